The van der Waals surface area contributed by atoms with Crippen molar-refractivity contribution in [3.63, 3.8) is 0 Å². The molecule has 0 fully saturated rings. The van der Waals surface area contributed by atoms with E-state index in [1.807, 2.05) is 37.3 Å². The highest BCUT2D eigenvalue weighted by Gasteiger charge is 2.08. The summed E-state index contributed by atoms with van der Waals surface area (Å²) in [6.07, 6.45) is 0. The predicted molar refractivity (Wildman–Crippen MR) is 87.2 cm³/mol. The van der Waals surface area contributed by atoms with E-state index < -0.39 is 0 Å². The molecule has 2 rings (SSSR count). The largest absolute Gasteiger partial charge is 0.496 e. The summed E-state index contributed by atoms with van der Waals surface area (Å²) in [6.45, 7) is 2.42. The number of aryl methyl sites for hydroxylation is 1. The van der Waals surface area contributed by atoms with Gasteiger partial charge in [-0.15, -0.1) is 0 Å². The average Bonchev–Trinajstić information content (AvgIpc) is 2.47. The van der Waals surface area contributed by atoms with E-state index in [9.17, 15) is 0 Å². The molecule has 0 aliphatic rings. The normalized spacial score (nSPS) is 10.2. The smallest absolute Gasteiger partial charge is 0.130 e. The highest BCUT2D eigenvalue weighted by molar-refractivity contribution is 9.10. The standard InChI is InChI=1S/C16H17BrN2O2/c1-10-3-5-12(17)8-14(10)21-9-11-4-6-13(16(18)19)15(7-11)20-2/h3-8H,9H2,1-2H3,(H3,18,19). The van der Waals surface area contributed by atoms with E-state index in [-0.39, 0.29) is 5.84 Å². The maximum Gasteiger partial charge on any atom is 0.130 e. The summed E-state index contributed by atoms with van der Waals surface area (Å²) < 4.78 is 12.1. The number of benzene rings is 2. The van der Waals surface area contributed by atoms with Crippen LogP contribution in [0.25, 0.3) is 0 Å². The first-order valence-corrected chi connectivity index (χ1v) is 7.21. The maximum absolute atomic E-state index is 7.50. The number of hydrogen-bond donors (Lipinski definition) is 2. The van der Waals surface area contributed by atoms with Crippen LogP contribution in [-0.4, -0.2) is 12.9 Å². The summed E-state index contributed by atoms with van der Waals surface area (Å²) in [5, 5.41) is 7.50. The van der Waals surface area contributed by atoms with E-state index in [0.29, 0.717) is 17.9 Å². The SMILES string of the molecule is COc1cc(COc2cc(Br)ccc2C)ccc1C(=N)N. The van der Waals surface area contributed by atoms with Crippen molar-refractivity contribution in [3.8, 4) is 11.5 Å². The number of nitrogen functional groups attached to an aromatic ring is 1. The van der Waals surface area contributed by atoms with Crippen molar-refractivity contribution in [2.24, 2.45) is 5.73 Å². The molecule has 0 aliphatic carbocycles. The van der Waals surface area contributed by atoms with Crippen LogP contribution in [0.2, 0.25) is 0 Å². The molecule has 0 bridgehead atoms. The van der Waals surface area contributed by atoms with Crippen molar-refractivity contribution in [1.82, 2.24) is 0 Å². The fourth-order valence-corrected chi connectivity index (χ4v) is 2.28. The van der Waals surface area contributed by atoms with Crippen molar-refractivity contribution >= 4 is 21.8 Å². The fourth-order valence-electron chi connectivity index (χ4n) is 1.94. The Kier molecular flexibility index (Phi) is 4.85. The molecule has 0 aliphatic heterocycles. The number of halogens is 1. The Bertz CT molecular complexity index is 671. The van der Waals surface area contributed by atoms with Crippen LogP contribution in [0.1, 0.15) is 16.7 Å². The molecule has 0 amide bonds. The lowest BCUT2D eigenvalue weighted by molar-refractivity contribution is 0.303. The number of methoxy groups -OCH3 is 1. The van der Waals surface area contributed by atoms with E-state index in [4.69, 9.17) is 20.6 Å². The average molecular weight is 349 g/mol. The molecule has 21 heavy (non-hydrogen) atoms. The van der Waals surface area contributed by atoms with E-state index in [1.165, 1.54) is 0 Å². The van der Waals surface area contributed by atoms with E-state index >= 15 is 0 Å². The number of ether oxygens (including phenoxy) is 2. The molecule has 0 saturated carbocycles. The molecule has 0 saturated heterocycles. The Balaban J connectivity index is 2.17. The lowest BCUT2D eigenvalue weighted by atomic mass is 10.1. The Morgan fingerprint density at radius 1 is 1.19 bits per heavy atom. The number of amidine groups is 1. The van der Waals surface area contributed by atoms with Gasteiger partial charge in [0, 0.05) is 4.47 Å². The van der Waals surface area contributed by atoms with Gasteiger partial charge in [-0.3, -0.25) is 5.41 Å². The van der Waals surface area contributed by atoms with Crippen LogP contribution >= 0.6 is 15.9 Å². The van der Waals surface area contributed by atoms with Crippen molar-refractivity contribution in [2.45, 2.75) is 13.5 Å². The third kappa shape index (κ3) is 3.76. The molecule has 0 atom stereocenters. The minimum atomic E-state index is -0.0119. The molecule has 0 unspecified atom stereocenters. The lowest BCUT2D eigenvalue weighted by Gasteiger charge is -2.12. The highest BCUT2D eigenvalue weighted by Crippen LogP contribution is 2.25. The first-order valence-electron chi connectivity index (χ1n) is 6.41. The fraction of sp³-hybridized carbons (Fsp3) is 0.188. The molecule has 110 valence electrons. The van der Waals surface area contributed by atoms with Crippen LogP contribution in [0, 0.1) is 12.3 Å². The minimum Gasteiger partial charge on any atom is -0.496 e. The van der Waals surface area contributed by atoms with Gasteiger partial charge in [-0.1, -0.05) is 28.1 Å². The first kappa shape index (κ1) is 15.4. The Morgan fingerprint density at radius 2 is 1.95 bits per heavy atom. The summed E-state index contributed by atoms with van der Waals surface area (Å²) in [6, 6.07) is 11.4. The molecule has 5 heteroatoms. The van der Waals surface area contributed by atoms with Crippen LogP contribution in [0.4, 0.5) is 0 Å². The number of nitrogens with two attached hydrogens (primary N) is 1. The molecule has 0 radical (unpaired) electrons. The van der Waals surface area contributed by atoms with Crippen LogP contribution < -0.4 is 15.2 Å². The Labute approximate surface area is 132 Å². The lowest BCUT2D eigenvalue weighted by Crippen LogP contribution is -2.12. The maximum atomic E-state index is 7.50. The molecule has 4 nitrogen and oxygen atoms in total. The van der Waals surface area contributed by atoms with Gasteiger partial charge in [-0.25, -0.2) is 0 Å². The van der Waals surface area contributed by atoms with Gasteiger partial charge in [0.1, 0.15) is 23.9 Å². The Morgan fingerprint density at radius 3 is 2.62 bits per heavy atom. The van der Waals surface area contributed by atoms with Crippen molar-refractivity contribution in [3.05, 3.63) is 57.6 Å². The van der Waals surface area contributed by atoms with Crippen LogP contribution in [0.15, 0.2) is 40.9 Å². The van der Waals surface area contributed by atoms with Crippen molar-refractivity contribution in [1.29, 1.82) is 5.41 Å². The van der Waals surface area contributed by atoms with Gasteiger partial charge in [-0.2, -0.15) is 0 Å². The Hall–Kier alpha value is -2.01. The van der Waals surface area contributed by atoms with Crippen molar-refractivity contribution in [2.75, 3.05) is 7.11 Å². The van der Waals surface area contributed by atoms with Gasteiger partial charge < -0.3 is 15.2 Å². The predicted octanol–water partition coefficient (Wildman–Crippen LogP) is 3.63. The molecule has 0 spiro atoms. The van der Waals surface area contributed by atoms with Gasteiger partial charge in [0.25, 0.3) is 0 Å². The van der Waals surface area contributed by atoms with Gasteiger partial charge >= 0.3 is 0 Å². The van der Waals surface area contributed by atoms with Gasteiger partial charge in [-0.05, 0) is 42.3 Å². The molecule has 0 aromatic heterocycles. The second kappa shape index (κ2) is 6.63. The third-order valence-corrected chi connectivity index (χ3v) is 3.59. The number of rotatable bonds is 5. The number of nitrogens with one attached hydrogen (secondary N) is 1. The van der Waals surface area contributed by atoms with E-state index in [1.54, 1.807) is 13.2 Å². The second-order valence-corrected chi connectivity index (χ2v) is 5.56. The zero-order valence-electron chi connectivity index (χ0n) is 11.9. The van der Waals surface area contributed by atoms with Crippen LogP contribution in [0.5, 0.6) is 11.5 Å². The number of hydrogen-bond acceptors (Lipinski definition) is 3. The molecular weight excluding hydrogens is 332 g/mol. The third-order valence-electron chi connectivity index (χ3n) is 3.10. The quantitative estimate of drug-likeness (QED) is 0.640. The van der Waals surface area contributed by atoms with E-state index in [0.717, 1.165) is 21.3 Å². The monoisotopic (exact) mass is 348 g/mol. The zero-order chi connectivity index (χ0) is 15.4. The zero-order valence-corrected chi connectivity index (χ0v) is 13.5. The summed E-state index contributed by atoms with van der Waals surface area (Å²) >= 11 is 3.43. The van der Waals surface area contributed by atoms with Gasteiger partial charge in [0.05, 0.1) is 12.7 Å². The molecule has 2 aromatic rings. The molecule has 3 N–H and O–H groups in total. The first-order chi connectivity index (χ1) is 10.0. The summed E-state index contributed by atoms with van der Waals surface area (Å²) in [7, 11) is 1.56. The van der Waals surface area contributed by atoms with Crippen LogP contribution in [0.3, 0.4) is 0 Å². The molecule has 0 heterocycles. The van der Waals surface area contributed by atoms with Crippen molar-refractivity contribution < 1.29 is 9.47 Å². The van der Waals surface area contributed by atoms with Crippen LogP contribution in [-0.2, 0) is 6.61 Å². The highest BCUT2D eigenvalue weighted by atomic mass is 79.9. The van der Waals surface area contributed by atoms with E-state index in [2.05, 4.69) is 15.9 Å². The summed E-state index contributed by atoms with van der Waals surface area (Å²) in [5.41, 5.74) is 8.12. The summed E-state index contributed by atoms with van der Waals surface area (Å²) in [5.74, 6) is 1.40. The van der Waals surface area contributed by atoms with Gasteiger partial charge in [0.15, 0.2) is 0 Å². The topological polar surface area (TPSA) is 68.3 Å². The second-order valence-electron chi connectivity index (χ2n) is 4.65. The molecular formula is C16H17BrN2O2. The minimum absolute atomic E-state index is 0.0119. The molecule has 2 aromatic carbocycles. The van der Waals surface area contributed by atoms with Gasteiger partial charge in [0.2, 0.25) is 0 Å². The summed E-state index contributed by atoms with van der Waals surface area (Å²) in [4.78, 5) is 0.